The highest BCUT2D eigenvalue weighted by atomic mass is 32.1. The zero-order chi connectivity index (χ0) is 16.5. The van der Waals surface area contributed by atoms with Crippen molar-refractivity contribution in [1.82, 2.24) is 34.4 Å². The molecule has 120 valence electrons. The fraction of sp³-hybridized carbons (Fsp3) is 0.143. The first kappa shape index (κ1) is 14.5. The van der Waals surface area contributed by atoms with Crippen LogP contribution in [0.5, 0.6) is 0 Å². The van der Waals surface area contributed by atoms with Crippen LogP contribution in [0.1, 0.15) is 10.6 Å². The summed E-state index contributed by atoms with van der Waals surface area (Å²) in [5.74, 6) is -0.0310. The van der Waals surface area contributed by atoms with Crippen LogP contribution in [0.3, 0.4) is 0 Å². The molecule has 0 spiro atoms. The minimum Gasteiger partial charge on any atom is -0.347 e. The van der Waals surface area contributed by atoms with Gasteiger partial charge in [-0.3, -0.25) is 14.2 Å². The fourth-order valence-corrected chi connectivity index (χ4v) is 2.97. The van der Waals surface area contributed by atoms with E-state index < -0.39 is 5.91 Å². The van der Waals surface area contributed by atoms with Crippen molar-refractivity contribution < 1.29 is 4.79 Å². The van der Waals surface area contributed by atoms with Crippen LogP contribution < -0.4 is 10.9 Å². The molecule has 4 rings (SSSR count). The molecule has 4 heterocycles. The first-order chi connectivity index (χ1) is 11.7. The van der Waals surface area contributed by atoms with Crippen molar-refractivity contribution in [3.8, 4) is 0 Å². The van der Waals surface area contributed by atoms with Crippen LogP contribution >= 0.6 is 11.3 Å². The molecule has 0 aromatic carbocycles. The van der Waals surface area contributed by atoms with Crippen molar-refractivity contribution in [2.24, 2.45) is 0 Å². The molecule has 1 amide bonds. The first-order valence-electron chi connectivity index (χ1n) is 7.10. The van der Waals surface area contributed by atoms with Crippen LogP contribution in [0.4, 0.5) is 0 Å². The summed E-state index contributed by atoms with van der Waals surface area (Å²) in [5.41, 5.74) is -0.120. The third-order valence-electron chi connectivity index (χ3n) is 3.41. The lowest BCUT2D eigenvalue weighted by Gasteiger charge is -2.05. The number of nitrogens with zero attached hydrogens (tertiary/aromatic N) is 6. The number of nitrogens with one attached hydrogen (secondary N) is 1. The third kappa shape index (κ3) is 2.52. The zero-order valence-corrected chi connectivity index (χ0v) is 13.1. The molecule has 0 saturated heterocycles. The molecule has 0 unspecified atom stereocenters. The van der Waals surface area contributed by atoms with Crippen LogP contribution in [0.15, 0.2) is 41.0 Å². The average Bonchev–Trinajstić information content (AvgIpc) is 3.23. The van der Waals surface area contributed by atoms with E-state index in [1.165, 1.54) is 26.7 Å². The van der Waals surface area contributed by atoms with E-state index in [4.69, 9.17) is 0 Å². The predicted molar refractivity (Wildman–Crippen MR) is 87.0 cm³/mol. The van der Waals surface area contributed by atoms with E-state index in [-0.39, 0.29) is 17.9 Å². The largest absolute Gasteiger partial charge is 0.347 e. The number of hydrogen-bond acceptors (Lipinski definition) is 7. The molecule has 4 aromatic rings. The van der Waals surface area contributed by atoms with E-state index in [2.05, 4.69) is 25.4 Å². The van der Waals surface area contributed by atoms with Gasteiger partial charge in [-0.05, 0) is 17.5 Å². The molecule has 0 aliphatic heterocycles. The highest BCUT2D eigenvalue weighted by Gasteiger charge is 2.13. The second-order valence-electron chi connectivity index (χ2n) is 4.94. The number of amides is 1. The Balaban J connectivity index is 1.45. The molecule has 24 heavy (non-hydrogen) atoms. The van der Waals surface area contributed by atoms with E-state index in [0.29, 0.717) is 22.5 Å². The molecule has 10 heteroatoms. The van der Waals surface area contributed by atoms with E-state index in [1.54, 1.807) is 24.5 Å². The SMILES string of the molecule is O=C(NCCn1cnc2sccc2c1=O)c1nc2ncccn2n1. The van der Waals surface area contributed by atoms with E-state index in [1.807, 2.05) is 5.38 Å². The van der Waals surface area contributed by atoms with E-state index in [9.17, 15) is 9.59 Å². The van der Waals surface area contributed by atoms with Gasteiger partial charge >= 0.3 is 0 Å². The lowest BCUT2D eigenvalue weighted by Crippen LogP contribution is -2.31. The first-order valence-corrected chi connectivity index (χ1v) is 7.98. The maximum Gasteiger partial charge on any atom is 0.291 e. The second kappa shape index (κ2) is 5.81. The van der Waals surface area contributed by atoms with Crippen LogP contribution in [0.2, 0.25) is 0 Å². The number of rotatable bonds is 4. The van der Waals surface area contributed by atoms with Crippen LogP contribution in [-0.2, 0) is 6.54 Å². The van der Waals surface area contributed by atoms with Gasteiger partial charge in [0.15, 0.2) is 0 Å². The van der Waals surface area contributed by atoms with E-state index in [0.717, 1.165) is 0 Å². The summed E-state index contributed by atoms with van der Waals surface area (Å²) in [7, 11) is 0. The Morgan fingerprint density at radius 2 is 2.25 bits per heavy atom. The number of thiophene rings is 1. The van der Waals surface area contributed by atoms with Crippen LogP contribution in [0.25, 0.3) is 16.0 Å². The molecular weight excluding hydrogens is 330 g/mol. The molecule has 0 bridgehead atoms. The van der Waals surface area contributed by atoms with Crippen molar-refractivity contribution in [1.29, 1.82) is 0 Å². The molecular formula is C14H11N7O2S. The van der Waals surface area contributed by atoms with Gasteiger partial charge in [-0.25, -0.2) is 14.5 Å². The summed E-state index contributed by atoms with van der Waals surface area (Å²) in [6.07, 6.45) is 4.72. The summed E-state index contributed by atoms with van der Waals surface area (Å²) in [5, 5.41) is 9.14. The van der Waals surface area contributed by atoms with Gasteiger partial charge in [0.05, 0.1) is 11.7 Å². The van der Waals surface area contributed by atoms with Crippen molar-refractivity contribution in [2.75, 3.05) is 6.54 Å². The molecule has 0 aliphatic carbocycles. The zero-order valence-electron chi connectivity index (χ0n) is 12.3. The molecule has 0 radical (unpaired) electrons. The monoisotopic (exact) mass is 341 g/mol. The fourth-order valence-electron chi connectivity index (χ4n) is 2.25. The van der Waals surface area contributed by atoms with Gasteiger partial charge in [-0.2, -0.15) is 4.98 Å². The summed E-state index contributed by atoms with van der Waals surface area (Å²) in [6, 6.07) is 3.45. The molecule has 0 aliphatic rings. The van der Waals surface area contributed by atoms with Crippen molar-refractivity contribution in [3.05, 3.63) is 52.4 Å². The lowest BCUT2D eigenvalue weighted by molar-refractivity contribution is 0.0942. The Hall–Kier alpha value is -3.14. The number of fused-ring (bicyclic) bond motifs is 2. The second-order valence-corrected chi connectivity index (χ2v) is 5.83. The van der Waals surface area contributed by atoms with Gasteiger partial charge < -0.3 is 5.32 Å². The molecule has 0 saturated carbocycles. The summed E-state index contributed by atoms with van der Waals surface area (Å²) in [4.78, 5) is 37.3. The summed E-state index contributed by atoms with van der Waals surface area (Å²) in [6.45, 7) is 0.577. The summed E-state index contributed by atoms with van der Waals surface area (Å²) >= 11 is 1.42. The Morgan fingerprint density at radius 1 is 1.33 bits per heavy atom. The molecule has 0 atom stereocenters. The minimum absolute atomic E-state index is 0.0347. The normalized spacial score (nSPS) is 11.2. The number of carbonyl (C=O) groups is 1. The number of aromatic nitrogens is 6. The maximum atomic E-state index is 12.2. The Bertz CT molecular complexity index is 1060. The van der Waals surface area contributed by atoms with Crippen LogP contribution in [0, 0.1) is 0 Å². The molecule has 4 aromatic heterocycles. The Labute approximate surface area is 138 Å². The number of carbonyl (C=O) groups excluding carboxylic acids is 1. The van der Waals surface area contributed by atoms with Gasteiger partial charge in [-0.15, -0.1) is 16.4 Å². The van der Waals surface area contributed by atoms with Crippen molar-refractivity contribution >= 4 is 33.2 Å². The molecule has 9 nitrogen and oxygen atoms in total. The van der Waals surface area contributed by atoms with Crippen LogP contribution in [-0.4, -0.2) is 41.6 Å². The van der Waals surface area contributed by atoms with E-state index >= 15 is 0 Å². The third-order valence-corrected chi connectivity index (χ3v) is 4.23. The maximum absolute atomic E-state index is 12.2. The standard InChI is InChI=1S/C14H11N7O2S/c22-11(10-18-14-16-3-1-5-21(14)19-10)15-4-6-20-8-17-12-9(13(20)23)2-7-24-12/h1-3,5,7-8H,4,6H2,(H,15,22). The predicted octanol–water partition coefficient (Wildman–Crippen LogP) is 0.326. The van der Waals surface area contributed by atoms with Crippen molar-refractivity contribution in [3.63, 3.8) is 0 Å². The van der Waals surface area contributed by atoms with Gasteiger partial charge in [0, 0.05) is 25.5 Å². The van der Waals surface area contributed by atoms with Gasteiger partial charge in [0.2, 0.25) is 5.82 Å². The minimum atomic E-state index is -0.418. The molecule has 1 N–H and O–H groups in total. The molecule has 0 fully saturated rings. The van der Waals surface area contributed by atoms with Crippen molar-refractivity contribution in [2.45, 2.75) is 6.54 Å². The highest BCUT2D eigenvalue weighted by Crippen LogP contribution is 2.12. The topological polar surface area (TPSA) is 107 Å². The smallest absolute Gasteiger partial charge is 0.291 e. The Morgan fingerprint density at radius 3 is 3.12 bits per heavy atom. The highest BCUT2D eigenvalue weighted by molar-refractivity contribution is 7.16. The van der Waals surface area contributed by atoms with Gasteiger partial charge in [0.25, 0.3) is 17.2 Å². The van der Waals surface area contributed by atoms with Gasteiger partial charge in [-0.1, -0.05) is 0 Å². The summed E-state index contributed by atoms with van der Waals surface area (Å²) < 4.78 is 2.89. The lowest BCUT2D eigenvalue weighted by atomic mass is 10.4. The number of hydrogen-bond donors (Lipinski definition) is 1. The van der Waals surface area contributed by atoms with Gasteiger partial charge in [0.1, 0.15) is 4.83 Å². The Kier molecular flexibility index (Phi) is 3.50. The quantitative estimate of drug-likeness (QED) is 0.573. The average molecular weight is 341 g/mol.